The second-order valence-electron chi connectivity index (χ2n) is 4.27. The van der Waals surface area contributed by atoms with E-state index in [9.17, 15) is 4.79 Å². The van der Waals surface area contributed by atoms with Gasteiger partial charge in [0.2, 0.25) is 0 Å². The molecule has 0 aliphatic heterocycles. The Morgan fingerprint density at radius 2 is 2.00 bits per heavy atom. The summed E-state index contributed by atoms with van der Waals surface area (Å²) in [6.07, 6.45) is 6.81. The first-order chi connectivity index (χ1) is 7.40. The molecule has 0 fully saturated rings. The monoisotopic (exact) mass is 223 g/mol. The van der Waals surface area contributed by atoms with Crippen molar-refractivity contribution in [3.8, 4) is 0 Å². The molecule has 3 nitrogen and oxygen atoms in total. The largest absolute Gasteiger partial charge is 0.456 e. The van der Waals surface area contributed by atoms with Crippen molar-refractivity contribution in [1.82, 2.24) is 0 Å². The zero-order valence-corrected chi connectivity index (χ0v) is 10.8. The molecule has 0 radical (unpaired) electrons. The zero-order valence-electron chi connectivity index (χ0n) is 10.8. The van der Waals surface area contributed by atoms with E-state index >= 15 is 0 Å². The number of aliphatic imine (C=N–C) groups is 1. The van der Waals surface area contributed by atoms with Gasteiger partial charge < -0.3 is 4.74 Å². The molecule has 0 rings (SSSR count). The average Bonchev–Trinajstić information content (AvgIpc) is 2.14. The van der Waals surface area contributed by atoms with Gasteiger partial charge in [-0.3, -0.25) is 4.99 Å². The van der Waals surface area contributed by atoms with E-state index in [4.69, 9.17) is 4.74 Å². The Morgan fingerprint density at radius 1 is 1.38 bits per heavy atom. The molecule has 0 N–H and O–H groups in total. The molecule has 90 valence electrons. The molecule has 0 spiro atoms. The van der Waals surface area contributed by atoms with Gasteiger partial charge in [0, 0.05) is 12.8 Å². The summed E-state index contributed by atoms with van der Waals surface area (Å²) in [4.78, 5) is 15.8. The number of carbonyl (C=O) groups is 1. The predicted molar refractivity (Wildman–Crippen MR) is 67.8 cm³/mol. The number of allylic oxidation sites excluding steroid dienone is 2. The van der Waals surface area contributed by atoms with Gasteiger partial charge in [0.1, 0.15) is 5.60 Å². The minimum absolute atomic E-state index is 0.326. The van der Waals surface area contributed by atoms with E-state index < -0.39 is 5.60 Å². The lowest BCUT2D eigenvalue weighted by molar-refractivity contribution is -0.149. The van der Waals surface area contributed by atoms with Gasteiger partial charge in [-0.2, -0.15) is 0 Å². The highest BCUT2D eigenvalue weighted by atomic mass is 16.6. The van der Waals surface area contributed by atoms with Gasteiger partial charge in [0.25, 0.3) is 0 Å². The van der Waals surface area contributed by atoms with Crippen LogP contribution >= 0.6 is 0 Å². The van der Waals surface area contributed by atoms with Crippen LogP contribution in [0.4, 0.5) is 0 Å². The highest BCUT2D eigenvalue weighted by molar-refractivity contribution is 5.96. The summed E-state index contributed by atoms with van der Waals surface area (Å²) in [5.41, 5.74) is 0.0363. The van der Waals surface area contributed by atoms with E-state index in [2.05, 4.69) is 4.99 Å². The molecule has 0 aromatic carbocycles. The minimum atomic E-state index is -0.473. The van der Waals surface area contributed by atoms with Gasteiger partial charge in [-0.1, -0.05) is 12.2 Å². The Kier molecular flexibility index (Phi) is 6.38. The van der Waals surface area contributed by atoms with E-state index in [0.29, 0.717) is 12.1 Å². The van der Waals surface area contributed by atoms with Crippen molar-refractivity contribution in [2.75, 3.05) is 6.54 Å². The Labute approximate surface area is 97.9 Å². The lowest BCUT2D eigenvalue weighted by atomic mass is 10.1. The summed E-state index contributed by atoms with van der Waals surface area (Å²) < 4.78 is 5.26. The fourth-order valence-electron chi connectivity index (χ4n) is 0.947. The molecular weight excluding hydrogens is 202 g/mol. The van der Waals surface area contributed by atoms with E-state index in [1.807, 2.05) is 34.6 Å². The summed E-state index contributed by atoms with van der Waals surface area (Å²) in [7, 11) is 0. The fraction of sp³-hybridized carbons (Fsp3) is 0.538. The van der Waals surface area contributed by atoms with Crippen molar-refractivity contribution in [2.45, 2.75) is 40.2 Å². The van der Waals surface area contributed by atoms with Crippen molar-refractivity contribution in [2.24, 2.45) is 4.99 Å². The van der Waals surface area contributed by atoms with Crippen LogP contribution in [0.15, 0.2) is 28.8 Å². The quantitative estimate of drug-likeness (QED) is 0.318. The Morgan fingerprint density at radius 3 is 2.44 bits per heavy atom. The van der Waals surface area contributed by atoms with Gasteiger partial charge in [0.15, 0.2) is 0 Å². The van der Waals surface area contributed by atoms with Crippen molar-refractivity contribution >= 4 is 12.2 Å². The third kappa shape index (κ3) is 6.98. The Hall–Kier alpha value is -1.38. The molecule has 0 saturated carbocycles. The van der Waals surface area contributed by atoms with Crippen LogP contribution in [0.25, 0.3) is 0 Å². The standard InChI is InChI=1S/C13H21NO2/c1-6-8-11(9-10-14-7-2)12(15)16-13(3,4)5/h6,8-10H,7H2,1-5H3/b8-6-,11-9+,14-10+. The summed E-state index contributed by atoms with van der Waals surface area (Å²) in [6, 6.07) is 0. The smallest absolute Gasteiger partial charge is 0.338 e. The van der Waals surface area contributed by atoms with E-state index in [1.165, 1.54) is 0 Å². The maximum absolute atomic E-state index is 11.7. The summed E-state index contributed by atoms with van der Waals surface area (Å²) in [6.45, 7) is 10.0. The number of rotatable bonds is 4. The first kappa shape index (κ1) is 14.6. The maximum atomic E-state index is 11.7. The lowest BCUT2D eigenvalue weighted by Gasteiger charge is -2.19. The van der Waals surface area contributed by atoms with Gasteiger partial charge >= 0.3 is 5.97 Å². The Bertz CT molecular complexity index is 306. The zero-order chi connectivity index (χ0) is 12.6. The minimum Gasteiger partial charge on any atom is -0.456 e. The summed E-state index contributed by atoms with van der Waals surface area (Å²) in [5, 5.41) is 0. The normalized spacial score (nSPS) is 13.7. The molecular formula is C13H21NO2. The molecule has 0 aromatic heterocycles. The van der Waals surface area contributed by atoms with Crippen LogP contribution in [0.2, 0.25) is 0 Å². The van der Waals surface area contributed by atoms with Crippen molar-refractivity contribution in [3.63, 3.8) is 0 Å². The average molecular weight is 223 g/mol. The van der Waals surface area contributed by atoms with Crippen LogP contribution in [0, 0.1) is 0 Å². The molecule has 0 aromatic rings. The van der Waals surface area contributed by atoms with Crippen LogP contribution < -0.4 is 0 Å². The molecule has 3 heteroatoms. The summed E-state index contributed by atoms with van der Waals surface area (Å²) >= 11 is 0. The maximum Gasteiger partial charge on any atom is 0.338 e. The molecule has 16 heavy (non-hydrogen) atoms. The molecule has 0 unspecified atom stereocenters. The second kappa shape index (κ2) is 6.99. The third-order valence-electron chi connectivity index (χ3n) is 1.52. The van der Waals surface area contributed by atoms with E-state index in [1.54, 1.807) is 24.4 Å². The molecule has 0 bridgehead atoms. The predicted octanol–water partition coefficient (Wildman–Crippen LogP) is 2.92. The van der Waals surface area contributed by atoms with Gasteiger partial charge in [0.05, 0.1) is 5.57 Å². The topological polar surface area (TPSA) is 38.7 Å². The first-order valence-electron chi connectivity index (χ1n) is 5.47. The molecule has 0 aliphatic rings. The molecule has 0 heterocycles. The van der Waals surface area contributed by atoms with Gasteiger partial charge in [-0.15, -0.1) is 0 Å². The van der Waals surface area contributed by atoms with Crippen LogP contribution in [0.1, 0.15) is 34.6 Å². The fourth-order valence-corrected chi connectivity index (χ4v) is 0.947. The van der Waals surface area contributed by atoms with E-state index in [0.717, 1.165) is 0 Å². The number of carbonyl (C=O) groups excluding carboxylic acids is 1. The van der Waals surface area contributed by atoms with Crippen molar-refractivity contribution < 1.29 is 9.53 Å². The number of ether oxygens (including phenoxy) is 1. The van der Waals surface area contributed by atoms with Crippen LogP contribution in [-0.4, -0.2) is 24.3 Å². The number of hydrogen-bond acceptors (Lipinski definition) is 3. The number of esters is 1. The highest BCUT2D eigenvalue weighted by Gasteiger charge is 2.17. The Balaban J connectivity index is 4.73. The molecule has 0 atom stereocenters. The molecule has 0 saturated heterocycles. The van der Waals surface area contributed by atoms with Crippen LogP contribution in [0.3, 0.4) is 0 Å². The highest BCUT2D eigenvalue weighted by Crippen LogP contribution is 2.11. The van der Waals surface area contributed by atoms with Crippen LogP contribution in [-0.2, 0) is 9.53 Å². The summed E-state index contributed by atoms with van der Waals surface area (Å²) in [5.74, 6) is -0.326. The second-order valence-corrected chi connectivity index (χ2v) is 4.27. The SMILES string of the molecule is C\C=C/C(=C\C=N\CC)C(=O)OC(C)(C)C. The number of nitrogens with zero attached hydrogens (tertiary/aromatic N) is 1. The lowest BCUT2D eigenvalue weighted by Crippen LogP contribution is -2.24. The first-order valence-corrected chi connectivity index (χ1v) is 5.47. The third-order valence-corrected chi connectivity index (χ3v) is 1.52. The van der Waals surface area contributed by atoms with Crippen molar-refractivity contribution in [1.29, 1.82) is 0 Å². The van der Waals surface area contributed by atoms with Gasteiger partial charge in [-0.05, 0) is 40.7 Å². The van der Waals surface area contributed by atoms with E-state index in [-0.39, 0.29) is 5.97 Å². The van der Waals surface area contributed by atoms with Crippen molar-refractivity contribution in [3.05, 3.63) is 23.8 Å². The van der Waals surface area contributed by atoms with Gasteiger partial charge in [-0.25, -0.2) is 4.79 Å². The molecule has 0 aliphatic carbocycles. The van der Waals surface area contributed by atoms with Crippen LogP contribution in [0.5, 0.6) is 0 Å². The number of hydrogen-bond donors (Lipinski definition) is 0. The molecule has 0 amide bonds.